The number of amides is 1. The zero-order valence-corrected chi connectivity index (χ0v) is 60.4. The Hall–Kier alpha value is -3.81. The van der Waals surface area contributed by atoms with Crippen LogP contribution in [0.15, 0.2) is 122 Å². The average Bonchev–Trinajstić information content (AvgIpc) is 0.784. The number of allylic oxidation sites excluding steroid dienone is 19. The minimum Gasteiger partial charge on any atom is -0.394 e. The zero-order chi connectivity index (χ0) is 71.8. The molecule has 3 heterocycles. The summed E-state index contributed by atoms with van der Waals surface area (Å²) in [6, 6.07) is -1.00. The van der Waals surface area contributed by atoms with Crippen LogP contribution < -0.4 is 5.32 Å². The van der Waals surface area contributed by atoms with E-state index in [9.17, 15) is 61.0 Å². The Morgan fingerprint density at radius 3 is 1.13 bits per heavy atom. The van der Waals surface area contributed by atoms with Crippen LogP contribution in [-0.4, -0.2) is 193 Å². The van der Waals surface area contributed by atoms with Crippen LogP contribution in [0.4, 0.5) is 0 Å². The molecule has 19 heteroatoms. The number of carbonyl (C=O) groups is 1. The molecule has 0 aliphatic carbocycles. The molecule has 19 nitrogen and oxygen atoms in total. The standard InChI is InChI=1S/C80H135NO18/c1-3-5-7-9-11-13-15-17-19-21-23-24-25-26-27-28-29-30-31-32-33-34-35-36-37-38-40-42-44-46-48-50-52-54-56-58-68(86)81-63(64(85)57-55-53-51-49-47-45-43-41-39-22-20-18-16-14-12-10-8-6-4-2)62-94-78-74(92)71(89)76(66(60-83)96-78)99-80-75(93)72(90)77(67(61-84)97-80)98-79-73(91)70(88)69(87)65(59-82)95-79/h5,7,11,13,17,19,23-24,26-27,29-30,32-33,35-36,47,49,55,57,63-67,69-80,82-85,87-93H,3-4,6,8-10,12,14-16,18,20-22,25,28,31,34,37-46,48,50-54,56,58-62H2,1-2H3,(H,81,86)/b7-5-,13-11-,19-17-,24-23-,27-26-,30-29-,33-32-,36-35-,49-47+,57-55+. The number of hydrogen-bond acceptors (Lipinski definition) is 18. The van der Waals surface area contributed by atoms with Gasteiger partial charge in [-0.05, 0) is 96.3 Å². The highest BCUT2D eigenvalue weighted by Gasteiger charge is 2.53. The van der Waals surface area contributed by atoms with Crippen LogP contribution in [0, 0.1) is 0 Å². The molecule has 0 bridgehead atoms. The van der Waals surface area contributed by atoms with E-state index in [1.54, 1.807) is 6.08 Å². The lowest BCUT2D eigenvalue weighted by Crippen LogP contribution is -2.66. The van der Waals surface area contributed by atoms with E-state index in [4.69, 9.17) is 28.4 Å². The minimum atomic E-state index is -1.99. The Morgan fingerprint density at radius 2 is 0.707 bits per heavy atom. The van der Waals surface area contributed by atoms with Crippen molar-refractivity contribution in [2.24, 2.45) is 0 Å². The summed E-state index contributed by atoms with van der Waals surface area (Å²) >= 11 is 0. The fourth-order valence-electron chi connectivity index (χ4n) is 12.1. The van der Waals surface area contributed by atoms with E-state index in [-0.39, 0.29) is 18.9 Å². The summed E-state index contributed by atoms with van der Waals surface area (Å²) in [5.74, 6) is -0.294. The van der Waals surface area contributed by atoms with Gasteiger partial charge in [-0.2, -0.15) is 0 Å². The van der Waals surface area contributed by atoms with Gasteiger partial charge in [0.15, 0.2) is 18.9 Å². The van der Waals surface area contributed by atoms with Gasteiger partial charge in [0.1, 0.15) is 73.2 Å². The number of unbranched alkanes of at least 4 members (excludes halogenated alkanes) is 24. The van der Waals surface area contributed by atoms with Crippen molar-refractivity contribution in [2.45, 2.75) is 349 Å². The third-order valence-corrected chi connectivity index (χ3v) is 18.2. The number of rotatable bonds is 58. The second kappa shape index (κ2) is 59.6. The first kappa shape index (κ1) is 89.4. The molecule has 3 aliphatic rings. The van der Waals surface area contributed by atoms with Crippen LogP contribution in [0.25, 0.3) is 0 Å². The lowest BCUT2D eigenvalue weighted by molar-refractivity contribution is -0.379. The highest BCUT2D eigenvalue weighted by Crippen LogP contribution is 2.33. The average molecular weight is 1400 g/mol. The Kier molecular flexibility index (Phi) is 53.8. The van der Waals surface area contributed by atoms with Gasteiger partial charge >= 0.3 is 0 Å². The monoisotopic (exact) mass is 1400 g/mol. The summed E-state index contributed by atoms with van der Waals surface area (Å²) in [6.07, 6.45) is 56.0. The van der Waals surface area contributed by atoms with Crippen LogP contribution in [-0.2, 0) is 33.2 Å². The maximum Gasteiger partial charge on any atom is 0.220 e. The lowest BCUT2D eigenvalue weighted by atomic mass is 9.96. The molecule has 0 aromatic heterocycles. The molecule has 3 rings (SSSR count). The number of aliphatic hydroxyl groups is 11. The number of nitrogens with one attached hydrogen (secondary N) is 1. The first-order chi connectivity index (χ1) is 48.3. The summed E-state index contributed by atoms with van der Waals surface area (Å²) in [7, 11) is 0. The molecule has 17 atom stereocenters. The highest BCUT2D eigenvalue weighted by molar-refractivity contribution is 5.76. The van der Waals surface area contributed by atoms with Crippen molar-refractivity contribution < 1.29 is 89.4 Å². The van der Waals surface area contributed by atoms with E-state index >= 15 is 0 Å². The van der Waals surface area contributed by atoms with Crippen molar-refractivity contribution in [3.05, 3.63) is 122 Å². The quantitative estimate of drug-likeness (QED) is 0.0199. The third-order valence-electron chi connectivity index (χ3n) is 18.2. The highest BCUT2D eigenvalue weighted by atomic mass is 16.8. The summed E-state index contributed by atoms with van der Waals surface area (Å²) in [5, 5.41) is 121. The molecule has 0 aromatic rings. The SMILES string of the molecule is CC/C=C\C/C=C\C/C=C\C/C=C\C/C=C\C/C=C\C/C=C\C/C=C\CCCCCCCCCCCCC(=O)NC(COC1OC(CO)C(OC2OC(CO)C(OC3OC(CO)C(O)C(O)C3O)C(O)C2O)C(O)C1O)C(O)/C=C/CC/C=C/CCCCCCCCCCCCCCC. The second-order valence-corrected chi connectivity index (χ2v) is 26.7. The van der Waals surface area contributed by atoms with Gasteiger partial charge in [0.2, 0.25) is 5.91 Å². The molecule has 3 fully saturated rings. The van der Waals surface area contributed by atoms with Crippen LogP contribution >= 0.6 is 0 Å². The number of aliphatic hydroxyl groups excluding tert-OH is 11. The molecule has 1 amide bonds. The maximum atomic E-state index is 13.4. The van der Waals surface area contributed by atoms with Crippen molar-refractivity contribution in [3.63, 3.8) is 0 Å². The van der Waals surface area contributed by atoms with Gasteiger partial charge in [-0.3, -0.25) is 4.79 Å². The second-order valence-electron chi connectivity index (χ2n) is 26.7. The first-order valence-corrected chi connectivity index (χ1v) is 38.3. The predicted molar refractivity (Wildman–Crippen MR) is 392 cm³/mol. The zero-order valence-electron chi connectivity index (χ0n) is 60.4. The largest absolute Gasteiger partial charge is 0.394 e. The van der Waals surface area contributed by atoms with Gasteiger partial charge in [0.25, 0.3) is 0 Å². The van der Waals surface area contributed by atoms with E-state index in [0.29, 0.717) is 12.8 Å². The van der Waals surface area contributed by atoms with Crippen LogP contribution in [0.2, 0.25) is 0 Å². The minimum absolute atomic E-state index is 0.223. The molecule has 0 spiro atoms. The summed E-state index contributed by atoms with van der Waals surface area (Å²) < 4.78 is 34.4. The Bertz CT molecular complexity index is 2260. The molecule has 3 aliphatic heterocycles. The van der Waals surface area contributed by atoms with Crippen LogP contribution in [0.5, 0.6) is 0 Å². The van der Waals surface area contributed by atoms with Gasteiger partial charge in [0, 0.05) is 6.42 Å². The molecule has 0 saturated carbocycles. The van der Waals surface area contributed by atoms with Crippen molar-refractivity contribution in [3.8, 4) is 0 Å². The lowest BCUT2D eigenvalue weighted by Gasteiger charge is -2.48. The van der Waals surface area contributed by atoms with E-state index in [2.05, 4.69) is 129 Å². The van der Waals surface area contributed by atoms with Gasteiger partial charge in [0.05, 0.1) is 38.6 Å². The van der Waals surface area contributed by atoms with Gasteiger partial charge in [-0.25, -0.2) is 0 Å². The Morgan fingerprint density at radius 1 is 0.374 bits per heavy atom. The maximum absolute atomic E-state index is 13.4. The van der Waals surface area contributed by atoms with Crippen LogP contribution in [0.1, 0.15) is 245 Å². The van der Waals surface area contributed by atoms with E-state index < -0.39 is 124 Å². The topological polar surface area (TPSA) is 307 Å². The molecule has 0 aromatic carbocycles. The fraction of sp³-hybridized carbons (Fsp3) is 0.738. The van der Waals surface area contributed by atoms with E-state index in [1.165, 1.54) is 109 Å². The van der Waals surface area contributed by atoms with Gasteiger partial charge in [-0.15, -0.1) is 0 Å². The van der Waals surface area contributed by atoms with Crippen molar-refractivity contribution >= 4 is 5.91 Å². The van der Waals surface area contributed by atoms with Crippen molar-refractivity contribution in [1.82, 2.24) is 5.32 Å². The molecule has 568 valence electrons. The fourth-order valence-corrected chi connectivity index (χ4v) is 12.1. The molecular weight excluding hydrogens is 1260 g/mol. The summed E-state index contributed by atoms with van der Waals surface area (Å²) in [6.45, 7) is 1.60. The van der Waals surface area contributed by atoms with Crippen molar-refractivity contribution in [1.29, 1.82) is 0 Å². The summed E-state index contributed by atoms with van der Waals surface area (Å²) in [5.41, 5.74) is 0. The first-order valence-electron chi connectivity index (χ1n) is 38.3. The molecular formula is C80H135NO18. The molecule has 12 N–H and O–H groups in total. The number of hydrogen-bond donors (Lipinski definition) is 12. The molecule has 17 unspecified atom stereocenters. The predicted octanol–water partition coefficient (Wildman–Crippen LogP) is 11.9. The number of ether oxygens (including phenoxy) is 6. The van der Waals surface area contributed by atoms with E-state index in [1.807, 2.05) is 6.08 Å². The number of carbonyl (C=O) groups excluding carboxylic acids is 1. The third kappa shape index (κ3) is 40.2. The smallest absolute Gasteiger partial charge is 0.220 e. The Balaban J connectivity index is 1.39. The summed E-state index contributed by atoms with van der Waals surface area (Å²) in [4.78, 5) is 13.4. The molecule has 99 heavy (non-hydrogen) atoms. The van der Waals surface area contributed by atoms with E-state index in [0.717, 1.165) is 103 Å². The Labute approximate surface area is 595 Å². The van der Waals surface area contributed by atoms with Crippen molar-refractivity contribution in [2.75, 3.05) is 26.4 Å². The normalized spacial score (nSPS) is 27.3. The van der Waals surface area contributed by atoms with Crippen LogP contribution in [0.3, 0.4) is 0 Å². The van der Waals surface area contributed by atoms with Gasteiger partial charge in [-0.1, -0.05) is 264 Å². The molecule has 3 saturated heterocycles. The van der Waals surface area contributed by atoms with Gasteiger partial charge < -0.3 is 89.9 Å². The molecule has 0 radical (unpaired) electrons.